The zero-order valence-electron chi connectivity index (χ0n) is 12.0. The molecule has 0 aliphatic carbocycles. The predicted molar refractivity (Wildman–Crippen MR) is 73.3 cm³/mol. The van der Waals surface area contributed by atoms with Gasteiger partial charge < -0.3 is 10.1 Å². The van der Waals surface area contributed by atoms with Gasteiger partial charge in [0, 0.05) is 19.2 Å². The molecule has 1 saturated heterocycles. The van der Waals surface area contributed by atoms with Gasteiger partial charge in [-0.05, 0) is 51.7 Å². The summed E-state index contributed by atoms with van der Waals surface area (Å²) in [6, 6.07) is 0.574. The minimum Gasteiger partial charge on any atom is -0.380 e. The van der Waals surface area contributed by atoms with Crippen LogP contribution < -0.4 is 5.32 Å². The van der Waals surface area contributed by atoms with Gasteiger partial charge in [-0.15, -0.1) is 0 Å². The molecule has 1 N–H and O–H groups in total. The van der Waals surface area contributed by atoms with E-state index in [2.05, 4.69) is 37.9 Å². The van der Waals surface area contributed by atoms with Crippen LogP contribution in [0.15, 0.2) is 0 Å². The number of nitrogens with zero attached hydrogens (tertiary/aromatic N) is 1. The normalized spacial score (nSPS) is 23.5. The van der Waals surface area contributed by atoms with Crippen LogP contribution in [0.5, 0.6) is 0 Å². The maximum Gasteiger partial charge on any atom is 0.0618 e. The molecule has 1 rings (SSSR count). The fourth-order valence-corrected chi connectivity index (χ4v) is 2.40. The van der Waals surface area contributed by atoms with E-state index in [0.717, 1.165) is 31.6 Å². The monoisotopic (exact) mass is 242 g/mol. The SMILES string of the molecule is CCOCC(C)N1CCC(CNCC(C)C)C1. The van der Waals surface area contributed by atoms with Crippen molar-refractivity contribution < 1.29 is 4.74 Å². The summed E-state index contributed by atoms with van der Waals surface area (Å²) in [4.78, 5) is 2.57. The van der Waals surface area contributed by atoms with Crippen LogP contribution in [-0.2, 0) is 4.74 Å². The van der Waals surface area contributed by atoms with Gasteiger partial charge in [-0.25, -0.2) is 0 Å². The molecule has 0 aromatic heterocycles. The van der Waals surface area contributed by atoms with Gasteiger partial charge >= 0.3 is 0 Å². The van der Waals surface area contributed by atoms with Crippen LogP contribution in [0.2, 0.25) is 0 Å². The fraction of sp³-hybridized carbons (Fsp3) is 1.00. The van der Waals surface area contributed by atoms with Crippen molar-refractivity contribution in [1.29, 1.82) is 0 Å². The van der Waals surface area contributed by atoms with Crippen molar-refractivity contribution in [2.75, 3.05) is 39.4 Å². The third-order valence-corrected chi connectivity index (χ3v) is 3.49. The van der Waals surface area contributed by atoms with E-state index in [4.69, 9.17) is 4.74 Å². The molecule has 1 aliphatic heterocycles. The zero-order valence-corrected chi connectivity index (χ0v) is 12.0. The number of hydrogen-bond donors (Lipinski definition) is 1. The summed E-state index contributed by atoms with van der Waals surface area (Å²) < 4.78 is 5.50. The van der Waals surface area contributed by atoms with E-state index >= 15 is 0 Å². The van der Waals surface area contributed by atoms with Crippen LogP contribution in [0, 0.1) is 11.8 Å². The van der Waals surface area contributed by atoms with Gasteiger partial charge in [0.15, 0.2) is 0 Å². The Morgan fingerprint density at radius 2 is 2.12 bits per heavy atom. The lowest BCUT2D eigenvalue weighted by Gasteiger charge is -2.24. The first-order chi connectivity index (χ1) is 8.13. The Hall–Kier alpha value is -0.120. The molecule has 0 saturated carbocycles. The van der Waals surface area contributed by atoms with Crippen molar-refractivity contribution in [3.05, 3.63) is 0 Å². The largest absolute Gasteiger partial charge is 0.380 e. The second-order valence-corrected chi connectivity index (χ2v) is 5.71. The number of ether oxygens (including phenoxy) is 1. The van der Waals surface area contributed by atoms with Gasteiger partial charge in [-0.3, -0.25) is 4.90 Å². The average molecular weight is 242 g/mol. The van der Waals surface area contributed by atoms with E-state index in [0.29, 0.717) is 6.04 Å². The first-order valence-electron chi connectivity index (χ1n) is 7.16. The molecule has 1 fully saturated rings. The molecule has 3 heteroatoms. The highest BCUT2D eigenvalue weighted by Gasteiger charge is 2.25. The maximum atomic E-state index is 5.50. The molecular formula is C14H30N2O. The Balaban J connectivity index is 2.13. The summed E-state index contributed by atoms with van der Waals surface area (Å²) in [6.45, 7) is 15.4. The van der Waals surface area contributed by atoms with Gasteiger partial charge in [0.05, 0.1) is 6.61 Å². The molecule has 0 bridgehead atoms. The van der Waals surface area contributed by atoms with Gasteiger partial charge in [0.1, 0.15) is 0 Å². The first-order valence-corrected chi connectivity index (χ1v) is 7.16. The van der Waals surface area contributed by atoms with Gasteiger partial charge in [0.25, 0.3) is 0 Å². The van der Waals surface area contributed by atoms with Crippen LogP contribution >= 0.6 is 0 Å². The smallest absolute Gasteiger partial charge is 0.0618 e. The molecule has 0 amide bonds. The Morgan fingerprint density at radius 3 is 2.76 bits per heavy atom. The summed E-state index contributed by atoms with van der Waals surface area (Å²) in [5.41, 5.74) is 0. The standard InChI is InChI=1S/C14H30N2O/c1-5-17-11-13(4)16-7-6-14(10-16)9-15-8-12(2)3/h12-15H,5-11H2,1-4H3. The summed E-state index contributed by atoms with van der Waals surface area (Å²) in [5, 5.41) is 3.57. The van der Waals surface area contributed by atoms with E-state index in [1.54, 1.807) is 0 Å². The lowest BCUT2D eigenvalue weighted by molar-refractivity contribution is 0.0828. The molecule has 3 nitrogen and oxygen atoms in total. The van der Waals surface area contributed by atoms with Gasteiger partial charge in [0.2, 0.25) is 0 Å². The minimum atomic E-state index is 0.574. The lowest BCUT2D eigenvalue weighted by atomic mass is 10.1. The van der Waals surface area contributed by atoms with Crippen LogP contribution in [0.1, 0.15) is 34.1 Å². The topological polar surface area (TPSA) is 24.5 Å². The Morgan fingerprint density at radius 1 is 1.35 bits per heavy atom. The van der Waals surface area contributed by atoms with Gasteiger partial charge in [-0.1, -0.05) is 13.8 Å². The van der Waals surface area contributed by atoms with Crippen molar-refractivity contribution in [2.24, 2.45) is 11.8 Å². The third kappa shape index (κ3) is 5.84. The molecular weight excluding hydrogens is 212 g/mol. The molecule has 17 heavy (non-hydrogen) atoms. The van der Waals surface area contributed by atoms with E-state index in [1.807, 2.05) is 0 Å². The molecule has 0 radical (unpaired) electrons. The Kier molecular flexibility index (Phi) is 7.09. The molecule has 1 aliphatic rings. The Bertz CT molecular complexity index is 197. The van der Waals surface area contributed by atoms with E-state index in [-0.39, 0.29) is 0 Å². The summed E-state index contributed by atoms with van der Waals surface area (Å²) >= 11 is 0. The molecule has 2 atom stereocenters. The summed E-state index contributed by atoms with van der Waals surface area (Å²) in [6.07, 6.45) is 1.33. The van der Waals surface area contributed by atoms with Crippen molar-refractivity contribution >= 4 is 0 Å². The van der Waals surface area contributed by atoms with Crippen LogP contribution in [-0.4, -0.2) is 50.3 Å². The average Bonchev–Trinajstić information content (AvgIpc) is 2.74. The molecule has 0 aromatic rings. The molecule has 2 unspecified atom stereocenters. The molecule has 1 heterocycles. The second kappa shape index (κ2) is 8.06. The number of rotatable bonds is 8. The minimum absolute atomic E-state index is 0.574. The quantitative estimate of drug-likeness (QED) is 0.704. The molecule has 0 spiro atoms. The summed E-state index contributed by atoms with van der Waals surface area (Å²) in [7, 11) is 0. The second-order valence-electron chi connectivity index (χ2n) is 5.71. The van der Waals surface area contributed by atoms with E-state index < -0.39 is 0 Å². The van der Waals surface area contributed by atoms with Gasteiger partial charge in [-0.2, -0.15) is 0 Å². The summed E-state index contributed by atoms with van der Waals surface area (Å²) in [5.74, 6) is 1.59. The number of hydrogen-bond acceptors (Lipinski definition) is 3. The number of likely N-dealkylation sites (tertiary alicyclic amines) is 1. The highest BCUT2D eigenvalue weighted by Crippen LogP contribution is 2.18. The van der Waals surface area contributed by atoms with Crippen molar-refractivity contribution in [1.82, 2.24) is 10.2 Å². The van der Waals surface area contributed by atoms with Crippen LogP contribution in [0.3, 0.4) is 0 Å². The number of nitrogens with one attached hydrogen (secondary N) is 1. The molecule has 0 aromatic carbocycles. The van der Waals surface area contributed by atoms with Crippen LogP contribution in [0.25, 0.3) is 0 Å². The van der Waals surface area contributed by atoms with E-state index in [1.165, 1.54) is 26.1 Å². The Labute approximate surface area is 107 Å². The fourth-order valence-electron chi connectivity index (χ4n) is 2.40. The van der Waals surface area contributed by atoms with Crippen LogP contribution in [0.4, 0.5) is 0 Å². The predicted octanol–water partition coefficient (Wildman–Crippen LogP) is 1.98. The first kappa shape index (κ1) is 14.9. The van der Waals surface area contributed by atoms with Crippen molar-refractivity contribution in [3.8, 4) is 0 Å². The molecule has 102 valence electrons. The van der Waals surface area contributed by atoms with Crippen molar-refractivity contribution in [3.63, 3.8) is 0 Å². The van der Waals surface area contributed by atoms with E-state index in [9.17, 15) is 0 Å². The lowest BCUT2D eigenvalue weighted by Crippen LogP contribution is -2.36. The highest BCUT2D eigenvalue weighted by molar-refractivity contribution is 4.80. The highest BCUT2D eigenvalue weighted by atomic mass is 16.5. The third-order valence-electron chi connectivity index (χ3n) is 3.49. The zero-order chi connectivity index (χ0) is 12.7. The maximum absolute atomic E-state index is 5.50. The van der Waals surface area contributed by atoms with Crippen molar-refractivity contribution in [2.45, 2.75) is 40.2 Å².